The van der Waals surface area contributed by atoms with Crippen LogP contribution < -0.4 is 4.90 Å². The quantitative estimate of drug-likeness (QED) is 0.182. The number of fused-ring (bicyclic) bond motifs is 3. The van der Waals surface area contributed by atoms with Gasteiger partial charge in [-0.1, -0.05) is 132 Å². The molecule has 0 unspecified atom stereocenters. The summed E-state index contributed by atoms with van der Waals surface area (Å²) < 4.78 is 2.64. The fraction of sp³-hybridized carbons (Fsp3) is 0.0455. The van der Waals surface area contributed by atoms with Gasteiger partial charge in [-0.3, -0.25) is 0 Å². The fourth-order valence-corrected chi connectivity index (χ4v) is 7.64. The summed E-state index contributed by atoms with van der Waals surface area (Å²) in [6, 6.07) is 59.8. The highest BCUT2D eigenvalue weighted by molar-refractivity contribution is 7.26. The van der Waals surface area contributed by atoms with Gasteiger partial charge >= 0.3 is 0 Å². The van der Waals surface area contributed by atoms with E-state index in [-0.39, 0.29) is 0 Å². The van der Waals surface area contributed by atoms with Crippen molar-refractivity contribution >= 4 is 48.6 Å². The zero-order valence-corrected chi connectivity index (χ0v) is 26.8. The second kappa shape index (κ2) is 11.8. The second-order valence-electron chi connectivity index (χ2n) is 12.0. The van der Waals surface area contributed by atoms with Crippen molar-refractivity contribution in [3.8, 4) is 33.4 Å². The zero-order chi connectivity index (χ0) is 31.0. The molecule has 8 aromatic rings. The maximum Gasteiger partial charge on any atom is 0.0468 e. The Morgan fingerprint density at radius 2 is 0.957 bits per heavy atom. The van der Waals surface area contributed by atoms with Crippen LogP contribution in [0.15, 0.2) is 164 Å². The Morgan fingerprint density at radius 1 is 0.391 bits per heavy atom. The van der Waals surface area contributed by atoms with Crippen LogP contribution in [0.4, 0.5) is 17.1 Å². The second-order valence-corrected chi connectivity index (χ2v) is 13.0. The van der Waals surface area contributed by atoms with Crippen LogP contribution in [-0.2, 0) is 0 Å². The van der Waals surface area contributed by atoms with Crippen LogP contribution in [0.2, 0.25) is 0 Å². The fourth-order valence-electron chi connectivity index (χ4n) is 6.41. The number of rotatable bonds is 6. The van der Waals surface area contributed by atoms with Crippen LogP contribution in [0, 0.1) is 13.8 Å². The van der Waals surface area contributed by atoms with Gasteiger partial charge in [-0.2, -0.15) is 0 Å². The van der Waals surface area contributed by atoms with E-state index in [1.165, 1.54) is 64.7 Å². The summed E-state index contributed by atoms with van der Waals surface area (Å²) in [4.78, 5) is 2.37. The minimum absolute atomic E-state index is 1.13. The number of hydrogen-bond acceptors (Lipinski definition) is 2. The topological polar surface area (TPSA) is 3.24 Å². The van der Waals surface area contributed by atoms with Crippen molar-refractivity contribution in [2.45, 2.75) is 13.8 Å². The maximum absolute atomic E-state index is 2.39. The number of aryl methyl sites for hydroxylation is 2. The lowest BCUT2D eigenvalue weighted by Gasteiger charge is -2.27. The van der Waals surface area contributed by atoms with E-state index >= 15 is 0 Å². The summed E-state index contributed by atoms with van der Waals surface area (Å²) in [6.45, 7) is 4.28. The van der Waals surface area contributed by atoms with Crippen LogP contribution in [0.3, 0.4) is 0 Å². The molecule has 0 fully saturated rings. The van der Waals surface area contributed by atoms with Gasteiger partial charge in [-0.25, -0.2) is 0 Å². The van der Waals surface area contributed by atoms with E-state index in [2.05, 4.69) is 183 Å². The Balaban J connectivity index is 1.35. The number of anilines is 3. The summed E-state index contributed by atoms with van der Waals surface area (Å²) in [5, 5.41) is 2.62. The number of thiophene rings is 1. The maximum atomic E-state index is 2.39. The van der Waals surface area contributed by atoms with E-state index in [0.717, 1.165) is 17.1 Å². The van der Waals surface area contributed by atoms with Gasteiger partial charge in [0.2, 0.25) is 0 Å². The Morgan fingerprint density at radius 3 is 1.65 bits per heavy atom. The van der Waals surface area contributed by atoms with E-state index in [1.54, 1.807) is 0 Å². The largest absolute Gasteiger partial charge is 0.310 e. The first-order valence-electron chi connectivity index (χ1n) is 15.8. The zero-order valence-electron chi connectivity index (χ0n) is 25.9. The molecular formula is C44H33NS. The first-order chi connectivity index (χ1) is 22.6. The molecule has 7 aromatic carbocycles. The summed E-state index contributed by atoms with van der Waals surface area (Å²) in [7, 11) is 0. The Hall–Kier alpha value is -5.44. The number of hydrogen-bond donors (Lipinski definition) is 0. The van der Waals surface area contributed by atoms with Gasteiger partial charge in [0.25, 0.3) is 0 Å². The molecule has 220 valence electrons. The van der Waals surface area contributed by atoms with Gasteiger partial charge in [0.15, 0.2) is 0 Å². The van der Waals surface area contributed by atoms with E-state index in [4.69, 9.17) is 0 Å². The average Bonchev–Trinajstić information content (AvgIpc) is 3.50. The Labute approximate surface area is 274 Å². The smallest absolute Gasteiger partial charge is 0.0468 e. The van der Waals surface area contributed by atoms with E-state index in [9.17, 15) is 0 Å². The van der Waals surface area contributed by atoms with Gasteiger partial charge in [0, 0.05) is 42.8 Å². The van der Waals surface area contributed by atoms with E-state index in [0.29, 0.717) is 0 Å². The molecule has 1 nitrogen and oxygen atoms in total. The van der Waals surface area contributed by atoms with Gasteiger partial charge in [-0.15, -0.1) is 11.3 Å². The molecule has 0 bridgehead atoms. The van der Waals surface area contributed by atoms with Gasteiger partial charge < -0.3 is 4.90 Å². The van der Waals surface area contributed by atoms with E-state index in [1.807, 2.05) is 11.3 Å². The molecule has 1 heterocycles. The molecule has 0 aliphatic rings. The predicted molar refractivity (Wildman–Crippen MR) is 200 cm³/mol. The van der Waals surface area contributed by atoms with Crippen molar-refractivity contribution in [2.24, 2.45) is 0 Å². The molecule has 0 atom stereocenters. The summed E-state index contributed by atoms with van der Waals surface area (Å²) >= 11 is 1.88. The molecule has 8 rings (SSSR count). The van der Waals surface area contributed by atoms with Gasteiger partial charge in [-0.05, 0) is 84.1 Å². The molecule has 0 saturated carbocycles. The van der Waals surface area contributed by atoms with Crippen LogP contribution in [-0.4, -0.2) is 0 Å². The third-order valence-electron chi connectivity index (χ3n) is 8.84. The van der Waals surface area contributed by atoms with Crippen molar-refractivity contribution in [1.29, 1.82) is 0 Å². The molecule has 46 heavy (non-hydrogen) atoms. The number of nitrogens with zero attached hydrogens (tertiary/aromatic N) is 1. The molecule has 0 N–H and O–H groups in total. The molecule has 0 spiro atoms. The van der Waals surface area contributed by atoms with Crippen LogP contribution in [0.25, 0.3) is 53.6 Å². The lowest BCUT2D eigenvalue weighted by atomic mass is 9.91. The molecule has 1 aromatic heterocycles. The predicted octanol–water partition coefficient (Wildman–Crippen LogP) is 13.1. The highest BCUT2D eigenvalue weighted by Crippen LogP contribution is 2.45. The molecule has 0 aliphatic carbocycles. The lowest BCUT2D eigenvalue weighted by Crippen LogP contribution is -2.10. The van der Waals surface area contributed by atoms with E-state index < -0.39 is 0 Å². The number of benzene rings is 7. The summed E-state index contributed by atoms with van der Waals surface area (Å²) in [5.74, 6) is 0. The van der Waals surface area contributed by atoms with Gasteiger partial charge in [0.05, 0.1) is 0 Å². The van der Waals surface area contributed by atoms with Crippen LogP contribution >= 0.6 is 11.3 Å². The molecule has 0 amide bonds. The third kappa shape index (κ3) is 5.17. The first-order valence-corrected chi connectivity index (χ1v) is 16.6. The van der Waals surface area contributed by atoms with Crippen molar-refractivity contribution in [1.82, 2.24) is 0 Å². The minimum atomic E-state index is 1.13. The molecular weight excluding hydrogens is 575 g/mol. The highest BCUT2D eigenvalue weighted by Gasteiger charge is 2.19. The summed E-state index contributed by atoms with van der Waals surface area (Å²) in [6.07, 6.45) is 0. The molecule has 2 heteroatoms. The van der Waals surface area contributed by atoms with Crippen molar-refractivity contribution in [3.05, 3.63) is 175 Å². The third-order valence-corrected chi connectivity index (χ3v) is 10.1. The summed E-state index contributed by atoms with van der Waals surface area (Å²) in [5.41, 5.74) is 13.3. The van der Waals surface area contributed by atoms with Crippen molar-refractivity contribution < 1.29 is 0 Å². The van der Waals surface area contributed by atoms with Crippen LogP contribution in [0.1, 0.15) is 11.1 Å². The standard InChI is InChI=1S/C44H33NS/c1-30-15-23-35(24-16-30)45(36-25-17-31(2)18-26-36)37-27-28-38(34-21-19-33(20-22-34)32-9-4-3-5-10-32)42(29-37)41-13-8-12-40-39-11-6-7-14-43(39)46-44(40)41/h3-29H,1-2H3. The van der Waals surface area contributed by atoms with Crippen LogP contribution in [0.5, 0.6) is 0 Å². The Kier molecular flexibility index (Phi) is 7.21. The molecule has 0 aliphatic heterocycles. The van der Waals surface area contributed by atoms with Crippen molar-refractivity contribution in [2.75, 3.05) is 4.90 Å². The lowest BCUT2D eigenvalue weighted by molar-refractivity contribution is 1.27. The Bertz CT molecular complexity index is 2250. The first kappa shape index (κ1) is 28.1. The monoisotopic (exact) mass is 607 g/mol. The molecule has 0 radical (unpaired) electrons. The normalized spacial score (nSPS) is 11.3. The average molecular weight is 608 g/mol. The highest BCUT2D eigenvalue weighted by atomic mass is 32.1. The van der Waals surface area contributed by atoms with Crippen molar-refractivity contribution in [3.63, 3.8) is 0 Å². The minimum Gasteiger partial charge on any atom is -0.310 e. The van der Waals surface area contributed by atoms with Gasteiger partial charge in [0.1, 0.15) is 0 Å². The SMILES string of the molecule is Cc1ccc(N(c2ccc(C)cc2)c2ccc(-c3ccc(-c4ccccc4)cc3)c(-c3cccc4c3sc3ccccc34)c2)cc1. The molecule has 0 saturated heterocycles.